The average molecular weight is 467 g/mol. The van der Waals surface area contributed by atoms with Gasteiger partial charge in [0.15, 0.2) is 0 Å². The SMILES string of the molecule is CC(C)CC(C(C)C(F)F)C1(C(N)=O)CC[C@H]2[C@@H]3CCC4NC(=O)CC[C@]4(C)[C@@H]3CC[C@@]21C. The van der Waals surface area contributed by atoms with Gasteiger partial charge in [0.2, 0.25) is 18.2 Å². The van der Waals surface area contributed by atoms with E-state index in [0.29, 0.717) is 37.0 Å². The van der Waals surface area contributed by atoms with E-state index in [1.165, 1.54) is 0 Å². The molecule has 3 N–H and O–H groups in total. The van der Waals surface area contributed by atoms with E-state index in [-0.39, 0.29) is 34.6 Å². The van der Waals surface area contributed by atoms with Crippen LogP contribution in [0.25, 0.3) is 0 Å². The Kier molecular flexibility index (Phi) is 6.40. The molecule has 0 bridgehead atoms. The van der Waals surface area contributed by atoms with Gasteiger partial charge in [0, 0.05) is 18.4 Å². The molecule has 0 aromatic carbocycles. The fraction of sp³-hybridized carbons (Fsp3) is 0.926. The number of rotatable bonds is 6. The Labute approximate surface area is 198 Å². The van der Waals surface area contributed by atoms with Crippen molar-refractivity contribution in [3.8, 4) is 0 Å². The van der Waals surface area contributed by atoms with Crippen LogP contribution in [0.3, 0.4) is 0 Å². The first-order valence-corrected chi connectivity index (χ1v) is 13.3. The molecule has 4 rings (SSSR count). The van der Waals surface area contributed by atoms with E-state index in [4.69, 9.17) is 5.73 Å². The van der Waals surface area contributed by atoms with Crippen molar-refractivity contribution in [3.63, 3.8) is 0 Å². The molecule has 1 heterocycles. The van der Waals surface area contributed by atoms with Gasteiger partial charge in [0.05, 0.1) is 5.41 Å². The van der Waals surface area contributed by atoms with Gasteiger partial charge >= 0.3 is 0 Å². The summed E-state index contributed by atoms with van der Waals surface area (Å²) in [4.78, 5) is 25.4. The molecule has 0 spiro atoms. The second-order valence-corrected chi connectivity index (χ2v) is 12.8. The number of carbonyl (C=O) groups excluding carboxylic acids is 2. The maximum Gasteiger partial charge on any atom is 0.241 e. The zero-order valence-corrected chi connectivity index (χ0v) is 21.1. The molecule has 4 nitrogen and oxygen atoms in total. The van der Waals surface area contributed by atoms with Gasteiger partial charge in [-0.1, -0.05) is 34.6 Å². The van der Waals surface area contributed by atoms with Crippen molar-refractivity contribution in [2.45, 2.75) is 105 Å². The Balaban J connectivity index is 1.72. The molecule has 4 unspecified atom stereocenters. The van der Waals surface area contributed by atoms with Crippen molar-refractivity contribution < 1.29 is 18.4 Å². The molecule has 4 fully saturated rings. The first kappa shape index (κ1) is 24.9. The van der Waals surface area contributed by atoms with Crippen LogP contribution in [-0.4, -0.2) is 24.3 Å². The fourth-order valence-corrected chi connectivity index (χ4v) is 9.52. The maximum atomic E-state index is 14.1. The third-order valence-corrected chi connectivity index (χ3v) is 11.2. The molecule has 9 atom stereocenters. The van der Waals surface area contributed by atoms with Gasteiger partial charge in [-0.25, -0.2) is 8.78 Å². The number of primary amides is 1. The van der Waals surface area contributed by atoms with Crippen LogP contribution in [-0.2, 0) is 9.59 Å². The quantitative estimate of drug-likeness (QED) is 0.539. The van der Waals surface area contributed by atoms with Crippen molar-refractivity contribution in [1.82, 2.24) is 5.32 Å². The highest BCUT2D eigenvalue weighted by atomic mass is 19.3. The Bertz CT molecular complexity index is 788. The molecule has 3 aliphatic carbocycles. The van der Waals surface area contributed by atoms with Crippen LogP contribution in [0.5, 0.6) is 0 Å². The van der Waals surface area contributed by atoms with Crippen molar-refractivity contribution in [2.75, 3.05) is 0 Å². The number of fused-ring (bicyclic) bond motifs is 5. The fourth-order valence-electron chi connectivity index (χ4n) is 9.52. The van der Waals surface area contributed by atoms with E-state index in [9.17, 15) is 18.4 Å². The Morgan fingerprint density at radius 2 is 1.73 bits per heavy atom. The molecule has 2 amide bonds. The third-order valence-electron chi connectivity index (χ3n) is 11.2. The van der Waals surface area contributed by atoms with E-state index in [1.807, 2.05) is 0 Å². The molecular formula is C27H44F2N2O2. The second-order valence-electron chi connectivity index (χ2n) is 12.8. The smallest absolute Gasteiger partial charge is 0.241 e. The average Bonchev–Trinajstić information content (AvgIpc) is 3.05. The first-order chi connectivity index (χ1) is 15.4. The summed E-state index contributed by atoms with van der Waals surface area (Å²) >= 11 is 0. The first-order valence-electron chi connectivity index (χ1n) is 13.3. The highest BCUT2D eigenvalue weighted by Gasteiger charge is 2.69. The molecule has 1 aliphatic heterocycles. The standard InChI is InChI=1S/C27H44F2N2O2/c1-15(2)14-20(16(3)23(28)29)27(24(30)33)13-9-19-17-6-7-21-25(4,11-10-22(32)31-21)18(17)8-12-26(19,27)5/h15-21,23H,6-14H2,1-5H3,(H2,30,33)(H,31,32)/t16?,17-,18-,19+,20?,21?,25-,26+,27?/m1/s1. The van der Waals surface area contributed by atoms with E-state index < -0.39 is 23.7 Å². The van der Waals surface area contributed by atoms with Gasteiger partial charge in [0.1, 0.15) is 0 Å². The van der Waals surface area contributed by atoms with Crippen LogP contribution in [0.4, 0.5) is 8.78 Å². The number of halogens is 2. The lowest BCUT2D eigenvalue weighted by atomic mass is 9.43. The van der Waals surface area contributed by atoms with Crippen molar-refractivity contribution in [3.05, 3.63) is 0 Å². The van der Waals surface area contributed by atoms with Crippen LogP contribution in [0, 0.1) is 51.8 Å². The second kappa shape index (κ2) is 8.48. The Hall–Kier alpha value is -1.20. The number of hydrogen-bond donors (Lipinski definition) is 2. The van der Waals surface area contributed by atoms with Gasteiger partial charge in [-0.2, -0.15) is 0 Å². The van der Waals surface area contributed by atoms with Gasteiger partial charge in [0.25, 0.3) is 0 Å². The normalized spacial score (nSPS) is 44.6. The number of nitrogens with two attached hydrogens (primary N) is 1. The molecule has 6 heteroatoms. The minimum absolute atomic E-state index is 0.0870. The van der Waals surface area contributed by atoms with Crippen LogP contribution in [0.1, 0.15) is 92.4 Å². The lowest BCUT2D eigenvalue weighted by Gasteiger charge is -2.62. The Morgan fingerprint density at radius 3 is 2.33 bits per heavy atom. The Morgan fingerprint density at radius 1 is 1.06 bits per heavy atom. The number of hydrogen-bond acceptors (Lipinski definition) is 2. The number of alkyl halides is 2. The topological polar surface area (TPSA) is 72.2 Å². The maximum absolute atomic E-state index is 14.1. The number of amides is 2. The molecule has 33 heavy (non-hydrogen) atoms. The summed E-state index contributed by atoms with van der Waals surface area (Å²) in [5, 5.41) is 3.27. The van der Waals surface area contributed by atoms with Crippen LogP contribution in [0.15, 0.2) is 0 Å². The molecular weight excluding hydrogens is 422 g/mol. The predicted octanol–water partition coefficient (Wildman–Crippen LogP) is 5.54. The van der Waals surface area contributed by atoms with Gasteiger partial charge in [-0.3, -0.25) is 9.59 Å². The van der Waals surface area contributed by atoms with E-state index >= 15 is 0 Å². The molecule has 0 radical (unpaired) electrons. The minimum Gasteiger partial charge on any atom is -0.369 e. The van der Waals surface area contributed by atoms with Crippen LogP contribution < -0.4 is 11.1 Å². The molecule has 4 aliphatic rings. The minimum atomic E-state index is -2.45. The molecule has 0 aromatic heterocycles. The molecule has 3 saturated carbocycles. The largest absolute Gasteiger partial charge is 0.369 e. The summed E-state index contributed by atoms with van der Waals surface area (Å²) in [6.45, 7) is 10.3. The van der Waals surface area contributed by atoms with Crippen molar-refractivity contribution in [1.29, 1.82) is 0 Å². The molecule has 1 saturated heterocycles. The lowest BCUT2D eigenvalue weighted by Crippen LogP contribution is -2.63. The number of carbonyl (C=O) groups is 2. The van der Waals surface area contributed by atoms with Gasteiger partial charge in [-0.05, 0) is 91.8 Å². The number of nitrogens with one attached hydrogen (secondary N) is 1. The zero-order valence-electron chi connectivity index (χ0n) is 21.1. The van der Waals surface area contributed by atoms with Gasteiger partial charge in [-0.15, -0.1) is 0 Å². The van der Waals surface area contributed by atoms with E-state index in [0.717, 1.165) is 38.5 Å². The molecule has 188 valence electrons. The summed E-state index contributed by atoms with van der Waals surface area (Å²) in [6.07, 6.45) is 5.08. The lowest BCUT2D eigenvalue weighted by molar-refractivity contribution is -0.165. The number of piperidine rings is 1. The summed E-state index contributed by atoms with van der Waals surface area (Å²) in [5.74, 6) is 0.108. The van der Waals surface area contributed by atoms with E-state index in [1.54, 1.807) is 6.92 Å². The highest BCUT2D eigenvalue weighted by molar-refractivity contribution is 5.83. The summed E-state index contributed by atoms with van der Waals surface area (Å²) in [7, 11) is 0. The van der Waals surface area contributed by atoms with Crippen LogP contribution >= 0.6 is 0 Å². The van der Waals surface area contributed by atoms with Gasteiger partial charge < -0.3 is 11.1 Å². The highest BCUT2D eigenvalue weighted by Crippen LogP contribution is 2.72. The summed E-state index contributed by atoms with van der Waals surface area (Å²) < 4.78 is 28.2. The summed E-state index contributed by atoms with van der Waals surface area (Å²) in [6, 6.07) is 0.235. The zero-order chi connectivity index (χ0) is 24.3. The predicted molar refractivity (Wildman–Crippen MR) is 125 cm³/mol. The van der Waals surface area contributed by atoms with Crippen molar-refractivity contribution in [2.24, 2.45) is 57.5 Å². The summed E-state index contributed by atoms with van der Waals surface area (Å²) in [5.41, 5.74) is 5.09. The van der Waals surface area contributed by atoms with Crippen molar-refractivity contribution >= 4 is 11.8 Å². The van der Waals surface area contributed by atoms with E-state index in [2.05, 4.69) is 33.0 Å². The molecule has 0 aromatic rings. The monoisotopic (exact) mass is 466 g/mol. The van der Waals surface area contributed by atoms with Crippen LogP contribution in [0.2, 0.25) is 0 Å². The third kappa shape index (κ3) is 3.55.